The molecule has 26 heavy (non-hydrogen) atoms. The molecule has 9 heteroatoms. The third-order valence-corrected chi connectivity index (χ3v) is 5.68. The van der Waals surface area contributed by atoms with Crippen LogP contribution in [0.25, 0.3) is 0 Å². The van der Waals surface area contributed by atoms with E-state index < -0.39 is 15.9 Å². The van der Waals surface area contributed by atoms with Crippen LogP contribution in [0.4, 0.5) is 10.1 Å². The van der Waals surface area contributed by atoms with Gasteiger partial charge in [0.2, 0.25) is 15.9 Å². The van der Waals surface area contributed by atoms with E-state index in [4.69, 9.17) is 0 Å². The first-order valence-electron chi connectivity index (χ1n) is 8.35. The summed E-state index contributed by atoms with van der Waals surface area (Å²) in [6, 6.07) is 6.44. The van der Waals surface area contributed by atoms with E-state index in [1.807, 2.05) is 0 Å². The van der Waals surface area contributed by atoms with E-state index >= 15 is 0 Å². The molecule has 1 fully saturated rings. The zero-order chi connectivity index (χ0) is 18.7. The lowest BCUT2D eigenvalue weighted by molar-refractivity contribution is -0.120. The molecule has 1 amide bonds. The second kappa shape index (κ2) is 7.55. The first kappa shape index (κ1) is 18.5. The highest BCUT2D eigenvalue weighted by atomic mass is 32.2. The molecule has 1 N–H and O–H groups in total. The molecule has 2 aromatic rings. The molecule has 0 radical (unpaired) electrons. The minimum atomic E-state index is -3.30. The molecule has 0 aliphatic carbocycles. The van der Waals surface area contributed by atoms with Gasteiger partial charge in [-0.2, -0.15) is 5.10 Å². The van der Waals surface area contributed by atoms with Crippen molar-refractivity contribution in [3.05, 3.63) is 48.0 Å². The Morgan fingerprint density at radius 2 is 2.15 bits per heavy atom. The number of piperidine rings is 1. The smallest absolute Gasteiger partial charge is 0.228 e. The van der Waals surface area contributed by atoms with Crippen LogP contribution in [0, 0.1) is 11.7 Å². The van der Waals surface area contributed by atoms with Gasteiger partial charge in [0.25, 0.3) is 0 Å². The van der Waals surface area contributed by atoms with Crippen LogP contribution in [0.3, 0.4) is 0 Å². The Bertz CT molecular complexity index is 897. The second-order valence-corrected chi connectivity index (χ2v) is 8.45. The number of nitrogens with one attached hydrogen (secondary N) is 1. The first-order valence-corrected chi connectivity index (χ1v) is 10.2. The number of amides is 1. The van der Waals surface area contributed by atoms with Crippen LogP contribution in [-0.4, -0.2) is 47.8 Å². The van der Waals surface area contributed by atoms with Gasteiger partial charge in [-0.15, -0.1) is 0 Å². The molecule has 2 heterocycles. The molecule has 1 saturated heterocycles. The Hall–Kier alpha value is -2.26. The molecule has 1 atom stereocenters. The van der Waals surface area contributed by atoms with Gasteiger partial charge in [0, 0.05) is 24.8 Å². The largest absolute Gasteiger partial charge is 0.323 e. The fourth-order valence-electron chi connectivity index (χ4n) is 3.02. The summed E-state index contributed by atoms with van der Waals surface area (Å²) in [5.41, 5.74) is 1.01. The van der Waals surface area contributed by atoms with Crippen molar-refractivity contribution in [1.29, 1.82) is 0 Å². The van der Waals surface area contributed by atoms with Gasteiger partial charge in [-0.3, -0.25) is 9.48 Å². The summed E-state index contributed by atoms with van der Waals surface area (Å²) in [6.45, 7) is 0.894. The number of nitrogens with zero attached hydrogens (tertiary/aromatic N) is 3. The van der Waals surface area contributed by atoms with Crippen molar-refractivity contribution in [2.45, 2.75) is 19.4 Å². The van der Waals surface area contributed by atoms with Crippen LogP contribution in [0.15, 0.2) is 36.7 Å². The summed E-state index contributed by atoms with van der Waals surface area (Å²) in [7, 11) is -3.30. The highest BCUT2D eigenvalue weighted by molar-refractivity contribution is 7.88. The van der Waals surface area contributed by atoms with Crippen molar-refractivity contribution in [1.82, 2.24) is 14.1 Å². The van der Waals surface area contributed by atoms with Crippen molar-refractivity contribution in [2.75, 3.05) is 24.7 Å². The Morgan fingerprint density at radius 1 is 1.38 bits per heavy atom. The van der Waals surface area contributed by atoms with Gasteiger partial charge in [0.15, 0.2) is 0 Å². The molecule has 7 nitrogen and oxygen atoms in total. The molecule has 1 aliphatic rings. The standard InChI is InChI=1S/C17H21FN4O3S/c1-26(24,25)22-8-4-6-14(11-22)17(23)20-15-9-19-21(12-15)10-13-5-2-3-7-16(13)18/h2-3,5,7,9,12,14H,4,6,8,10-11H2,1H3,(H,20,23)/t14-/m1/s1. The number of hydrogen-bond acceptors (Lipinski definition) is 4. The third kappa shape index (κ3) is 4.47. The number of hydrogen-bond donors (Lipinski definition) is 1. The molecular weight excluding hydrogens is 359 g/mol. The van der Waals surface area contributed by atoms with Gasteiger partial charge in [0.1, 0.15) is 5.82 Å². The Balaban J connectivity index is 1.62. The van der Waals surface area contributed by atoms with Crippen molar-refractivity contribution >= 4 is 21.6 Å². The average molecular weight is 380 g/mol. The van der Waals surface area contributed by atoms with Gasteiger partial charge in [-0.1, -0.05) is 18.2 Å². The highest BCUT2D eigenvalue weighted by Gasteiger charge is 2.30. The lowest BCUT2D eigenvalue weighted by Gasteiger charge is -2.29. The second-order valence-electron chi connectivity index (χ2n) is 6.47. The maximum Gasteiger partial charge on any atom is 0.228 e. The van der Waals surface area contributed by atoms with Crippen LogP contribution in [0.1, 0.15) is 18.4 Å². The molecule has 0 saturated carbocycles. The highest BCUT2D eigenvalue weighted by Crippen LogP contribution is 2.20. The predicted octanol–water partition coefficient (Wildman–Crippen LogP) is 1.68. The van der Waals surface area contributed by atoms with Crippen LogP contribution >= 0.6 is 0 Å². The summed E-state index contributed by atoms with van der Waals surface area (Å²) in [5, 5.41) is 6.90. The van der Waals surface area contributed by atoms with Crippen molar-refractivity contribution in [3.8, 4) is 0 Å². The fourth-order valence-corrected chi connectivity index (χ4v) is 3.93. The SMILES string of the molecule is CS(=O)(=O)N1CCC[C@@H](C(=O)Nc2cnn(Cc3ccccc3F)c2)C1. The molecular formula is C17H21FN4O3S. The van der Waals surface area contributed by atoms with Crippen LogP contribution in [0.2, 0.25) is 0 Å². The van der Waals surface area contributed by atoms with E-state index in [1.54, 1.807) is 24.4 Å². The Morgan fingerprint density at radius 3 is 2.88 bits per heavy atom. The maximum absolute atomic E-state index is 13.7. The molecule has 1 aromatic carbocycles. The summed E-state index contributed by atoms with van der Waals surface area (Å²) in [6.07, 6.45) is 5.57. The normalized spacial score (nSPS) is 18.6. The van der Waals surface area contributed by atoms with Crippen LogP contribution < -0.4 is 5.32 Å². The van der Waals surface area contributed by atoms with Crippen molar-refractivity contribution < 1.29 is 17.6 Å². The number of carbonyl (C=O) groups excluding carboxylic acids is 1. The number of halogens is 1. The van der Waals surface area contributed by atoms with Crippen LogP contribution in [-0.2, 0) is 21.4 Å². The van der Waals surface area contributed by atoms with Gasteiger partial charge in [0.05, 0.1) is 30.6 Å². The minimum Gasteiger partial charge on any atom is -0.323 e. The topological polar surface area (TPSA) is 84.3 Å². The van der Waals surface area contributed by atoms with Gasteiger partial charge >= 0.3 is 0 Å². The predicted molar refractivity (Wildman–Crippen MR) is 95.5 cm³/mol. The summed E-state index contributed by atoms with van der Waals surface area (Å²) < 4.78 is 39.9. The zero-order valence-corrected chi connectivity index (χ0v) is 15.2. The Labute approximate surface area is 151 Å². The number of rotatable bonds is 5. The van der Waals surface area contributed by atoms with Crippen molar-refractivity contribution in [2.24, 2.45) is 5.92 Å². The molecule has 0 spiro atoms. The molecule has 140 valence electrons. The molecule has 1 aliphatic heterocycles. The van der Waals surface area contributed by atoms with Gasteiger partial charge in [-0.25, -0.2) is 17.1 Å². The number of anilines is 1. The van der Waals surface area contributed by atoms with E-state index in [0.29, 0.717) is 30.6 Å². The summed E-state index contributed by atoms with van der Waals surface area (Å²) in [4.78, 5) is 12.4. The fraction of sp³-hybridized carbons (Fsp3) is 0.412. The minimum absolute atomic E-state index is 0.189. The number of carbonyl (C=O) groups is 1. The summed E-state index contributed by atoms with van der Waals surface area (Å²) in [5.74, 6) is -0.936. The third-order valence-electron chi connectivity index (χ3n) is 4.41. The van der Waals surface area contributed by atoms with E-state index in [9.17, 15) is 17.6 Å². The average Bonchev–Trinajstić information content (AvgIpc) is 3.03. The number of aromatic nitrogens is 2. The van der Waals surface area contributed by atoms with Crippen molar-refractivity contribution in [3.63, 3.8) is 0 Å². The van der Waals surface area contributed by atoms with Gasteiger partial charge in [-0.05, 0) is 18.9 Å². The van der Waals surface area contributed by atoms with Crippen LogP contribution in [0.5, 0.6) is 0 Å². The number of benzene rings is 1. The molecule has 1 aromatic heterocycles. The van der Waals surface area contributed by atoms with E-state index in [2.05, 4.69) is 10.4 Å². The lowest BCUT2D eigenvalue weighted by Crippen LogP contribution is -2.43. The molecule has 3 rings (SSSR count). The first-order chi connectivity index (χ1) is 12.3. The summed E-state index contributed by atoms with van der Waals surface area (Å²) >= 11 is 0. The lowest BCUT2D eigenvalue weighted by atomic mass is 9.99. The molecule has 0 bridgehead atoms. The Kier molecular flexibility index (Phi) is 5.38. The monoisotopic (exact) mass is 380 g/mol. The molecule has 0 unspecified atom stereocenters. The zero-order valence-electron chi connectivity index (χ0n) is 14.4. The quantitative estimate of drug-likeness (QED) is 0.855. The van der Waals surface area contributed by atoms with E-state index in [-0.39, 0.29) is 24.8 Å². The van der Waals surface area contributed by atoms with E-state index in [1.165, 1.54) is 21.3 Å². The maximum atomic E-state index is 13.7. The number of sulfonamides is 1. The van der Waals surface area contributed by atoms with E-state index in [0.717, 1.165) is 6.26 Å². The van der Waals surface area contributed by atoms with Gasteiger partial charge < -0.3 is 5.32 Å².